The maximum atomic E-state index is 13.3. The number of carbonyl (C=O) groups is 1. The Hall–Kier alpha value is -3.55. The first-order chi connectivity index (χ1) is 15.0. The molecule has 1 fully saturated rings. The Balaban J connectivity index is 1.40. The van der Waals surface area contributed by atoms with Gasteiger partial charge in [-0.2, -0.15) is 0 Å². The number of aromatic nitrogens is 2. The van der Waals surface area contributed by atoms with Crippen LogP contribution in [0.5, 0.6) is 0 Å². The number of carbonyl (C=O) groups excluding carboxylic acids is 1. The number of rotatable bonds is 4. The highest BCUT2D eigenvalue weighted by molar-refractivity contribution is 6.06. The zero-order valence-corrected chi connectivity index (χ0v) is 17.0. The number of hydrogen-bond donors (Lipinski definition) is 1. The van der Waals surface area contributed by atoms with Gasteiger partial charge in [-0.3, -0.25) is 9.36 Å². The summed E-state index contributed by atoms with van der Waals surface area (Å²) in [6.07, 6.45) is -0.538. The molecule has 1 amide bonds. The number of halogens is 1. The van der Waals surface area contributed by atoms with Gasteiger partial charge in [0.15, 0.2) is 12.6 Å². The zero-order chi connectivity index (χ0) is 21.5. The van der Waals surface area contributed by atoms with E-state index in [0.29, 0.717) is 11.3 Å². The molecule has 5 rings (SSSR count). The maximum Gasteiger partial charge on any atom is 0.255 e. The van der Waals surface area contributed by atoms with Crippen molar-refractivity contribution in [3.8, 4) is 5.69 Å². The molecule has 1 N–H and O–H groups in total. The van der Waals surface area contributed by atoms with E-state index < -0.39 is 0 Å². The van der Waals surface area contributed by atoms with Crippen molar-refractivity contribution in [3.63, 3.8) is 0 Å². The SMILES string of the molecule is Cc1nc2ccc(C(=O)Nc3ccc(C4OC(C)O4)cc3)cc2n1-c1ccc(F)cc1. The van der Waals surface area contributed by atoms with Crippen LogP contribution in [0.2, 0.25) is 0 Å². The molecule has 2 heterocycles. The Kier molecular flexibility index (Phi) is 4.77. The van der Waals surface area contributed by atoms with E-state index in [1.54, 1.807) is 24.3 Å². The lowest BCUT2D eigenvalue weighted by atomic mass is 10.1. The number of fused-ring (bicyclic) bond motifs is 1. The Morgan fingerprint density at radius 1 is 1.03 bits per heavy atom. The van der Waals surface area contributed by atoms with Crippen LogP contribution >= 0.6 is 0 Å². The van der Waals surface area contributed by atoms with Crippen LogP contribution in [-0.2, 0) is 9.47 Å². The molecule has 1 aromatic heterocycles. The Labute approximate surface area is 178 Å². The van der Waals surface area contributed by atoms with Crippen LogP contribution in [0.1, 0.15) is 35.0 Å². The minimum atomic E-state index is -0.350. The quantitative estimate of drug-likeness (QED) is 0.501. The maximum absolute atomic E-state index is 13.3. The third kappa shape index (κ3) is 3.69. The lowest BCUT2D eigenvalue weighted by Gasteiger charge is -2.33. The van der Waals surface area contributed by atoms with Gasteiger partial charge in [-0.1, -0.05) is 12.1 Å². The lowest BCUT2D eigenvalue weighted by Crippen LogP contribution is -2.31. The van der Waals surface area contributed by atoms with Crippen LogP contribution in [0.4, 0.5) is 10.1 Å². The fraction of sp³-hybridized carbons (Fsp3) is 0.167. The molecule has 0 radical (unpaired) electrons. The smallest absolute Gasteiger partial charge is 0.255 e. The van der Waals surface area contributed by atoms with Crippen LogP contribution in [0.25, 0.3) is 16.7 Å². The number of nitrogens with zero attached hydrogens (tertiary/aromatic N) is 2. The first-order valence-corrected chi connectivity index (χ1v) is 9.95. The standard InChI is InChI=1S/C24H20FN3O3/c1-14-26-21-12-5-17(13-22(21)28(14)20-10-6-18(25)7-11-20)23(29)27-19-8-3-16(4-9-19)24-30-15(2)31-24/h3-13,15,24H,1-2H3,(H,27,29). The zero-order valence-electron chi connectivity index (χ0n) is 17.0. The molecule has 7 heteroatoms. The second kappa shape index (κ2) is 7.61. The van der Waals surface area contributed by atoms with E-state index in [9.17, 15) is 9.18 Å². The first-order valence-electron chi connectivity index (χ1n) is 9.95. The highest BCUT2D eigenvalue weighted by atomic mass is 19.1. The number of amides is 1. The van der Waals surface area contributed by atoms with Gasteiger partial charge in [0.2, 0.25) is 0 Å². The monoisotopic (exact) mass is 417 g/mol. The number of anilines is 1. The summed E-state index contributed by atoms with van der Waals surface area (Å²) in [4.78, 5) is 17.4. The van der Waals surface area contributed by atoms with Gasteiger partial charge in [0.1, 0.15) is 11.6 Å². The third-order valence-corrected chi connectivity index (χ3v) is 5.24. The second-order valence-corrected chi connectivity index (χ2v) is 7.42. The van der Waals surface area contributed by atoms with Crippen molar-refractivity contribution in [1.82, 2.24) is 9.55 Å². The Morgan fingerprint density at radius 2 is 1.74 bits per heavy atom. The summed E-state index contributed by atoms with van der Waals surface area (Å²) in [7, 11) is 0. The van der Waals surface area contributed by atoms with Crippen molar-refractivity contribution >= 4 is 22.6 Å². The molecule has 4 aromatic rings. The van der Waals surface area contributed by atoms with Crippen LogP contribution in [0.15, 0.2) is 66.7 Å². The topological polar surface area (TPSA) is 65.4 Å². The van der Waals surface area contributed by atoms with Crippen LogP contribution in [0.3, 0.4) is 0 Å². The van der Waals surface area contributed by atoms with Crippen molar-refractivity contribution in [1.29, 1.82) is 0 Å². The molecule has 31 heavy (non-hydrogen) atoms. The van der Waals surface area contributed by atoms with Crippen molar-refractivity contribution in [2.75, 3.05) is 5.32 Å². The van der Waals surface area contributed by atoms with Crippen molar-refractivity contribution in [2.24, 2.45) is 0 Å². The van der Waals surface area contributed by atoms with Gasteiger partial charge >= 0.3 is 0 Å². The highest BCUT2D eigenvalue weighted by Gasteiger charge is 2.28. The van der Waals surface area contributed by atoms with E-state index in [1.165, 1.54) is 12.1 Å². The average molecular weight is 417 g/mol. The van der Waals surface area contributed by atoms with E-state index in [1.807, 2.05) is 48.7 Å². The van der Waals surface area contributed by atoms with Gasteiger partial charge in [0.05, 0.1) is 11.0 Å². The second-order valence-electron chi connectivity index (χ2n) is 7.42. The molecule has 0 saturated carbocycles. The van der Waals surface area contributed by atoms with Gasteiger partial charge in [-0.15, -0.1) is 0 Å². The molecule has 0 bridgehead atoms. The number of aryl methyl sites for hydroxylation is 1. The number of benzene rings is 3. The van der Waals surface area contributed by atoms with E-state index >= 15 is 0 Å². The molecule has 0 unspecified atom stereocenters. The average Bonchev–Trinajstić information content (AvgIpc) is 3.08. The Morgan fingerprint density at radius 3 is 2.42 bits per heavy atom. The summed E-state index contributed by atoms with van der Waals surface area (Å²) < 4.78 is 26.2. The molecule has 1 saturated heterocycles. The third-order valence-electron chi connectivity index (χ3n) is 5.24. The van der Waals surface area contributed by atoms with E-state index in [4.69, 9.17) is 9.47 Å². The largest absolute Gasteiger partial charge is 0.322 e. The minimum absolute atomic E-state index is 0.189. The van der Waals surface area contributed by atoms with E-state index in [2.05, 4.69) is 10.3 Å². The summed E-state index contributed by atoms with van der Waals surface area (Å²) in [6.45, 7) is 3.71. The van der Waals surface area contributed by atoms with Gasteiger partial charge in [0.25, 0.3) is 5.91 Å². The van der Waals surface area contributed by atoms with Gasteiger partial charge in [-0.05, 0) is 68.4 Å². The lowest BCUT2D eigenvalue weighted by molar-refractivity contribution is -0.382. The number of imidazole rings is 1. The first kappa shape index (κ1) is 19.4. The van der Waals surface area contributed by atoms with Crippen LogP contribution in [0, 0.1) is 12.7 Å². The van der Waals surface area contributed by atoms with Gasteiger partial charge < -0.3 is 14.8 Å². The summed E-state index contributed by atoms with van der Waals surface area (Å²) in [6, 6.07) is 18.9. The number of ether oxygens (including phenoxy) is 2. The predicted molar refractivity (Wildman–Crippen MR) is 115 cm³/mol. The highest BCUT2D eigenvalue weighted by Crippen LogP contribution is 2.32. The molecule has 3 aromatic carbocycles. The molecule has 156 valence electrons. The van der Waals surface area contributed by atoms with Gasteiger partial charge in [0, 0.05) is 22.5 Å². The van der Waals surface area contributed by atoms with Crippen molar-refractivity contribution in [3.05, 3.63) is 89.5 Å². The number of hydrogen-bond acceptors (Lipinski definition) is 4. The molecule has 0 spiro atoms. The van der Waals surface area contributed by atoms with Crippen LogP contribution < -0.4 is 5.32 Å². The summed E-state index contributed by atoms with van der Waals surface area (Å²) in [5, 5.41) is 2.91. The predicted octanol–water partition coefficient (Wildman–Crippen LogP) is 5.12. The molecule has 1 aliphatic heterocycles. The normalized spacial score (nSPS) is 18.0. The number of nitrogens with one attached hydrogen (secondary N) is 1. The van der Waals surface area contributed by atoms with Crippen molar-refractivity contribution in [2.45, 2.75) is 26.4 Å². The summed E-state index contributed by atoms with van der Waals surface area (Å²) >= 11 is 0. The minimum Gasteiger partial charge on any atom is -0.322 e. The summed E-state index contributed by atoms with van der Waals surface area (Å²) in [5.74, 6) is 0.218. The van der Waals surface area contributed by atoms with E-state index in [0.717, 1.165) is 28.1 Å². The molecular weight excluding hydrogens is 397 g/mol. The molecule has 0 aliphatic carbocycles. The van der Waals surface area contributed by atoms with Crippen molar-refractivity contribution < 1.29 is 18.7 Å². The fourth-order valence-corrected chi connectivity index (χ4v) is 3.70. The molecule has 6 nitrogen and oxygen atoms in total. The molecular formula is C24H20FN3O3. The fourth-order valence-electron chi connectivity index (χ4n) is 3.70. The molecule has 1 aliphatic rings. The van der Waals surface area contributed by atoms with Gasteiger partial charge in [-0.25, -0.2) is 9.37 Å². The summed E-state index contributed by atoms with van der Waals surface area (Å²) in [5.41, 5.74) is 4.39. The Bertz CT molecular complexity index is 1260. The van der Waals surface area contributed by atoms with E-state index in [-0.39, 0.29) is 24.3 Å². The van der Waals surface area contributed by atoms with Crippen LogP contribution in [-0.4, -0.2) is 21.7 Å². The molecule has 0 atom stereocenters.